The van der Waals surface area contributed by atoms with Crippen LogP contribution in [-0.4, -0.2) is 19.5 Å². The Hall–Kier alpha value is -0.370. The summed E-state index contributed by atoms with van der Waals surface area (Å²) in [6.07, 6.45) is 1.55. The molecule has 0 saturated heterocycles. The number of methoxy groups -OCH3 is 1. The number of carbonyl (C=O) groups is 1. The van der Waals surface area contributed by atoms with Crippen molar-refractivity contribution in [3.8, 4) is 0 Å². The van der Waals surface area contributed by atoms with E-state index in [0.29, 0.717) is 24.7 Å². The molecular weight excluding hydrogens is 152 g/mol. The molecule has 0 saturated carbocycles. The lowest BCUT2D eigenvalue weighted by Gasteiger charge is -2.10. The Morgan fingerprint density at radius 1 is 1.33 bits per heavy atom. The van der Waals surface area contributed by atoms with E-state index in [1.54, 1.807) is 7.11 Å². The molecule has 0 aromatic rings. The highest BCUT2D eigenvalue weighted by Crippen LogP contribution is 2.10. The molecule has 0 amide bonds. The molecule has 0 N–H and O–H groups in total. The molecule has 0 spiro atoms. The van der Waals surface area contributed by atoms with Gasteiger partial charge < -0.3 is 4.74 Å². The van der Waals surface area contributed by atoms with Crippen molar-refractivity contribution in [2.45, 2.75) is 33.6 Å². The monoisotopic (exact) mass is 172 g/mol. The summed E-state index contributed by atoms with van der Waals surface area (Å²) < 4.78 is 4.92. The van der Waals surface area contributed by atoms with Gasteiger partial charge in [0.2, 0.25) is 0 Å². The number of ketones is 1. The van der Waals surface area contributed by atoms with E-state index in [2.05, 4.69) is 13.8 Å². The molecular formula is C10H20O2. The van der Waals surface area contributed by atoms with E-state index in [1.807, 2.05) is 6.92 Å². The Balaban J connectivity index is 3.61. The largest absolute Gasteiger partial charge is 0.385 e. The van der Waals surface area contributed by atoms with Crippen LogP contribution in [0.5, 0.6) is 0 Å². The highest BCUT2D eigenvalue weighted by Gasteiger charge is 2.13. The minimum absolute atomic E-state index is 0.160. The van der Waals surface area contributed by atoms with Crippen molar-refractivity contribution in [3.63, 3.8) is 0 Å². The fraction of sp³-hybridized carbons (Fsp3) is 0.900. The molecule has 2 nitrogen and oxygen atoms in total. The standard InChI is InChI=1S/C10H20O2/c1-8(2)7-10(11)9(3)5-6-12-4/h8-9H,5-7H2,1-4H3. The lowest BCUT2D eigenvalue weighted by molar-refractivity contribution is -0.123. The number of hydrogen-bond donors (Lipinski definition) is 0. The third-order valence-electron chi connectivity index (χ3n) is 1.91. The van der Waals surface area contributed by atoms with Crippen molar-refractivity contribution in [1.82, 2.24) is 0 Å². The Bertz CT molecular complexity index is 130. The van der Waals surface area contributed by atoms with Crippen molar-refractivity contribution in [2.24, 2.45) is 11.8 Å². The first-order valence-corrected chi connectivity index (χ1v) is 4.59. The predicted octanol–water partition coefficient (Wildman–Crippen LogP) is 2.27. The second-order valence-electron chi connectivity index (χ2n) is 3.75. The Labute approximate surface area is 75.3 Å². The Morgan fingerprint density at radius 3 is 2.33 bits per heavy atom. The Morgan fingerprint density at radius 2 is 1.92 bits per heavy atom. The summed E-state index contributed by atoms with van der Waals surface area (Å²) in [6, 6.07) is 0. The second-order valence-corrected chi connectivity index (χ2v) is 3.75. The van der Waals surface area contributed by atoms with Gasteiger partial charge in [-0.05, 0) is 12.3 Å². The summed E-state index contributed by atoms with van der Waals surface area (Å²) >= 11 is 0. The molecule has 0 fully saturated rings. The van der Waals surface area contributed by atoms with E-state index in [0.717, 1.165) is 6.42 Å². The highest BCUT2D eigenvalue weighted by molar-refractivity contribution is 5.80. The SMILES string of the molecule is COCCC(C)C(=O)CC(C)C. The highest BCUT2D eigenvalue weighted by atomic mass is 16.5. The molecule has 1 atom stereocenters. The van der Waals surface area contributed by atoms with Crippen LogP contribution in [0.15, 0.2) is 0 Å². The first-order valence-electron chi connectivity index (χ1n) is 4.59. The molecule has 72 valence electrons. The average Bonchev–Trinajstić information content (AvgIpc) is 1.98. The fourth-order valence-electron chi connectivity index (χ4n) is 1.06. The van der Waals surface area contributed by atoms with Crippen molar-refractivity contribution < 1.29 is 9.53 Å². The molecule has 0 heterocycles. The number of hydrogen-bond acceptors (Lipinski definition) is 2. The number of Topliss-reactive ketones (excluding diaryl/α,β-unsaturated/α-hetero) is 1. The smallest absolute Gasteiger partial charge is 0.136 e. The zero-order valence-corrected chi connectivity index (χ0v) is 8.59. The topological polar surface area (TPSA) is 26.3 Å². The molecule has 0 radical (unpaired) electrons. The van der Waals surface area contributed by atoms with E-state index >= 15 is 0 Å². The van der Waals surface area contributed by atoms with Crippen molar-refractivity contribution in [2.75, 3.05) is 13.7 Å². The molecule has 1 unspecified atom stereocenters. The first-order chi connectivity index (χ1) is 5.57. The van der Waals surface area contributed by atoms with Gasteiger partial charge in [-0.2, -0.15) is 0 Å². The van der Waals surface area contributed by atoms with Crippen LogP contribution >= 0.6 is 0 Å². The van der Waals surface area contributed by atoms with Gasteiger partial charge in [0.05, 0.1) is 0 Å². The second kappa shape index (κ2) is 6.18. The first kappa shape index (κ1) is 11.6. The maximum atomic E-state index is 11.4. The molecule has 0 aromatic carbocycles. The third-order valence-corrected chi connectivity index (χ3v) is 1.91. The summed E-state index contributed by atoms with van der Waals surface area (Å²) in [6.45, 7) is 6.80. The van der Waals surface area contributed by atoms with E-state index in [4.69, 9.17) is 4.74 Å². The van der Waals surface area contributed by atoms with E-state index in [-0.39, 0.29) is 5.92 Å². The maximum Gasteiger partial charge on any atom is 0.136 e. The van der Waals surface area contributed by atoms with Gasteiger partial charge in [-0.3, -0.25) is 4.79 Å². The van der Waals surface area contributed by atoms with Gasteiger partial charge in [0.25, 0.3) is 0 Å². The molecule has 0 bridgehead atoms. The predicted molar refractivity (Wildman–Crippen MR) is 50.1 cm³/mol. The van der Waals surface area contributed by atoms with Crippen LogP contribution < -0.4 is 0 Å². The maximum absolute atomic E-state index is 11.4. The number of ether oxygens (including phenoxy) is 1. The van der Waals surface area contributed by atoms with E-state index in [1.165, 1.54) is 0 Å². The summed E-state index contributed by atoms with van der Waals surface area (Å²) in [4.78, 5) is 11.4. The summed E-state index contributed by atoms with van der Waals surface area (Å²) in [7, 11) is 1.67. The molecule has 0 aliphatic heterocycles. The zero-order valence-electron chi connectivity index (χ0n) is 8.59. The summed E-state index contributed by atoms with van der Waals surface area (Å²) in [5.41, 5.74) is 0. The van der Waals surface area contributed by atoms with Gasteiger partial charge in [0.15, 0.2) is 0 Å². The third kappa shape index (κ3) is 5.30. The fourth-order valence-corrected chi connectivity index (χ4v) is 1.06. The van der Waals surface area contributed by atoms with Crippen LogP contribution in [0.3, 0.4) is 0 Å². The van der Waals surface area contributed by atoms with Crippen molar-refractivity contribution >= 4 is 5.78 Å². The van der Waals surface area contributed by atoms with Crippen LogP contribution in [-0.2, 0) is 9.53 Å². The molecule has 0 rings (SSSR count). The summed E-state index contributed by atoms with van der Waals surface area (Å²) in [5, 5.41) is 0. The van der Waals surface area contributed by atoms with Crippen LogP contribution in [0.4, 0.5) is 0 Å². The molecule has 0 aromatic heterocycles. The van der Waals surface area contributed by atoms with Crippen LogP contribution in [0.2, 0.25) is 0 Å². The van der Waals surface area contributed by atoms with E-state index in [9.17, 15) is 4.79 Å². The van der Waals surface area contributed by atoms with E-state index < -0.39 is 0 Å². The lowest BCUT2D eigenvalue weighted by Crippen LogP contribution is -2.14. The van der Waals surface area contributed by atoms with Gasteiger partial charge in [-0.25, -0.2) is 0 Å². The summed E-state index contributed by atoms with van der Waals surface area (Å²) in [5.74, 6) is 0.997. The quantitative estimate of drug-likeness (QED) is 0.614. The van der Waals surface area contributed by atoms with Crippen LogP contribution in [0.1, 0.15) is 33.6 Å². The van der Waals surface area contributed by atoms with Crippen LogP contribution in [0, 0.1) is 11.8 Å². The average molecular weight is 172 g/mol. The molecule has 12 heavy (non-hydrogen) atoms. The minimum Gasteiger partial charge on any atom is -0.385 e. The Kier molecular flexibility index (Phi) is 5.99. The zero-order chi connectivity index (χ0) is 9.56. The van der Waals surface area contributed by atoms with Gasteiger partial charge in [0.1, 0.15) is 5.78 Å². The molecule has 0 aliphatic carbocycles. The van der Waals surface area contributed by atoms with Gasteiger partial charge in [-0.15, -0.1) is 0 Å². The number of rotatable bonds is 6. The number of carbonyl (C=O) groups excluding carboxylic acids is 1. The van der Waals surface area contributed by atoms with Crippen LogP contribution in [0.25, 0.3) is 0 Å². The van der Waals surface area contributed by atoms with Gasteiger partial charge in [0, 0.05) is 26.1 Å². The molecule has 2 heteroatoms. The normalized spacial score (nSPS) is 13.4. The van der Waals surface area contributed by atoms with Gasteiger partial charge in [-0.1, -0.05) is 20.8 Å². The molecule has 0 aliphatic rings. The van der Waals surface area contributed by atoms with Crippen molar-refractivity contribution in [3.05, 3.63) is 0 Å². The minimum atomic E-state index is 0.160. The van der Waals surface area contributed by atoms with Crippen molar-refractivity contribution in [1.29, 1.82) is 0 Å². The van der Waals surface area contributed by atoms with Gasteiger partial charge >= 0.3 is 0 Å². The lowest BCUT2D eigenvalue weighted by atomic mass is 9.96.